The van der Waals surface area contributed by atoms with Crippen LogP contribution in [-0.4, -0.2) is 49.5 Å². The molecule has 0 radical (unpaired) electrons. The normalized spacial score (nSPS) is 14.6. The van der Waals surface area contributed by atoms with E-state index >= 15 is 0 Å². The highest BCUT2D eigenvalue weighted by atomic mass is 32.2. The van der Waals surface area contributed by atoms with Gasteiger partial charge in [0.1, 0.15) is 9.84 Å². The van der Waals surface area contributed by atoms with Gasteiger partial charge in [0, 0.05) is 25.3 Å². The van der Waals surface area contributed by atoms with Crippen molar-refractivity contribution in [3.8, 4) is 11.5 Å². The lowest BCUT2D eigenvalue weighted by Crippen LogP contribution is -2.33. The largest absolute Gasteiger partial charge is 0.504 e. The number of nitrogens with zero attached hydrogens (tertiary/aromatic N) is 1. The Bertz CT molecular complexity index is 652. The fourth-order valence-electron chi connectivity index (χ4n) is 2.24. The van der Waals surface area contributed by atoms with Gasteiger partial charge >= 0.3 is 0 Å². The Hall–Kier alpha value is -1.76. The summed E-state index contributed by atoms with van der Waals surface area (Å²) >= 11 is 0. The molecule has 0 unspecified atom stereocenters. The molecule has 1 aromatic rings. The number of hydrogen-bond donors (Lipinski definition) is 1. The number of rotatable bonds is 7. The molecular formula is C15H21NO5S. The van der Waals surface area contributed by atoms with Gasteiger partial charge in [-0.15, -0.1) is 0 Å². The molecule has 0 aromatic heterocycles. The Labute approximate surface area is 130 Å². The molecule has 0 spiro atoms. The minimum atomic E-state index is -3.15. The van der Waals surface area contributed by atoms with Gasteiger partial charge < -0.3 is 14.7 Å². The smallest absolute Gasteiger partial charge is 0.224 e. The fourth-order valence-corrected chi connectivity index (χ4v) is 2.79. The van der Waals surface area contributed by atoms with Crippen LogP contribution < -0.4 is 4.74 Å². The van der Waals surface area contributed by atoms with Crippen molar-refractivity contribution in [3.05, 3.63) is 23.8 Å². The number of methoxy groups -OCH3 is 1. The number of carbonyl (C=O) groups is 1. The SMILES string of the molecule is COc1cc(CN(C(=O)CCS(C)(=O)=O)C2CC2)ccc1O. The van der Waals surface area contributed by atoms with E-state index < -0.39 is 9.84 Å². The number of phenolic OH excluding ortho intramolecular Hbond substituents is 1. The van der Waals surface area contributed by atoms with Gasteiger partial charge in [0.2, 0.25) is 5.91 Å². The van der Waals surface area contributed by atoms with Crippen molar-refractivity contribution >= 4 is 15.7 Å². The third kappa shape index (κ3) is 4.62. The van der Waals surface area contributed by atoms with Crippen LogP contribution in [0.1, 0.15) is 24.8 Å². The lowest BCUT2D eigenvalue weighted by Gasteiger charge is -2.23. The van der Waals surface area contributed by atoms with Gasteiger partial charge in [-0.1, -0.05) is 6.07 Å². The average Bonchev–Trinajstić information content (AvgIpc) is 3.27. The van der Waals surface area contributed by atoms with Gasteiger partial charge in [-0.3, -0.25) is 4.79 Å². The summed E-state index contributed by atoms with van der Waals surface area (Å²) in [7, 11) is -1.68. The molecule has 2 rings (SSSR count). The third-order valence-corrected chi connectivity index (χ3v) is 4.54. The maximum Gasteiger partial charge on any atom is 0.224 e. The second-order valence-corrected chi connectivity index (χ2v) is 7.90. The highest BCUT2D eigenvalue weighted by Crippen LogP contribution is 2.31. The van der Waals surface area contributed by atoms with Crippen LogP contribution in [0.2, 0.25) is 0 Å². The van der Waals surface area contributed by atoms with E-state index in [-0.39, 0.29) is 29.9 Å². The number of benzene rings is 1. The first-order chi connectivity index (χ1) is 10.3. The summed E-state index contributed by atoms with van der Waals surface area (Å²) < 4.78 is 27.5. The van der Waals surface area contributed by atoms with E-state index in [1.807, 2.05) is 0 Å². The molecule has 7 heteroatoms. The Morgan fingerprint density at radius 2 is 2.09 bits per heavy atom. The molecule has 1 fully saturated rings. The summed E-state index contributed by atoms with van der Waals surface area (Å²) in [5.41, 5.74) is 0.842. The van der Waals surface area contributed by atoms with Crippen molar-refractivity contribution < 1.29 is 23.1 Å². The van der Waals surface area contributed by atoms with Crippen molar-refractivity contribution in [2.24, 2.45) is 0 Å². The first-order valence-corrected chi connectivity index (χ1v) is 9.19. The molecule has 0 atom stereocenters. The lowest BCUT2D eigenvalue weighted by molar-refractivity contribution is -0.132. The standard InChI is InChI=1S/C15H21NO5S/c1-21-14-9-11(3-6-13(14)17)10-16(12-4-5-12)15(18)7-8-22(2,19)20/h3,6,9,12,17H,4-5,7-8,10H2,1-2H3. The first-order valence-electron chi connectivity index (χ1n) is 7.13. The van der Waals surface area contributed by atoms with Crippen LogP contribution in [0.5, 0.6) is 11.5 Å². The van der Waals surface area contributed by atoms with E-state index in [9.17, 15) is 18.3 Å². The van der Waals surface area contributed by atoms with Crippen LogP contribution in [0.25, 0.3) is 0 Å². The molecule has 1 N–H and O–H groups in total. The number of hydrogen-bond acceptors (Lipinski definition) is 5. The van der Waals surface area contributed by atoms with Gasteiger partial charge in [-0.2, -0.15) is 0 Å². The van der Waals surface area contributed by atoms with Crippen molar-refractivity contribution in [3.63, 3.8) is 0 Å². The second-order valence-electron chi connectivity index (χ2n) is 5.64. The van der Waals surface area contributed by atoms with Crippen molar-refractivity contribution in [2.45, 2.75) is 31.8 Å². The molecule has 1 aliphatic rings. The van der Waals surface area contributed by atoms with Crippen LogP contribution >= 0.6 is 0 Å². The number of aromatic hydroxyl groups is 1. The summed E-state index contributed by atoms with van der Waals surface area (Å²) in [6, 6.07) is 5.14. The monoisotopic (exact) mass is 327 g/mol. The van der Waals surface area contributed by atoms with Crippen LogP contribution in [-0.2, 0) is 21.2 Å². The summed E-state index contributed by atoms with van der Waals surface area (Å²) in [4.78, 5) is 14.0. The summed E-state index contributed by atoms with van der Waals surface area (Å²) in [5.74, 6) is 0.123. The summed E-state index contributed by atoms with van der Waals surface area (Å²) in [6.45, 7) is 0.393. The molecule has 1 saturated carbocycles. The summed E-state index contributed by atoms with van der Waals surface area (Å²) in [5, 5.41) is 9.60. The Morgan fingerprint density at radius 3 is 2.64 bits per heavy atom. The molecule has 22 heavy (non-hydrogen) atoms. The van der Waals surface area contributed by atoms with E-state index in [1.54, 1.807) is 17.0 Å². The molecule has 6 nitrogen and oxygen atoms in total. The first kappa shape index (κ1) is 16.6. The zero-order valence-electron chi connectivity index (χ0n) is 12.8. The predicted octanol–water partition coefficient (Wildman–Crippen LogP) is 1.33. The minimum Gasteiger partial charge on any atom is -0.504 e. The second kappa shape index (κ2) is 6.56. The van der Waals surface area contributed by atoms with Gasteiger partial charge in [-0.05, 0) is 30.5 Å². The lowest BCUT2D eigenvalue weighted by atomic mass is 10.1. The molecule has 1 aliphatic carbocycles. The number of sulfone groups is 1. The van der Waals surface area contributed by atoms with Crippen LogP contribution in [0.4, 0.5) is 0 Å². The fraction of sp³-hybridized carbons (Fsp3) is 0.533. The van der Waals surface area contributed by atoms with E-state index in [0.29, 0.717) is 12.3 Å². The quantitative estimate of drug-likeness (QED) is 0.817. The number of carbonyl (C=O) groups excluding carboxylic acids is 1. The highest BCUT2D eigenvalue weighted by molar-refractivity contribution is 7.90. The van der Waals surface area contributed by atoms with Crippen LogP contribution in [0.3, 0.4) is 0 Å². The van der Waals surface area contributed by atoms with Crippen molar-refractivity contribution in [1.82, 2.24) is 4.90 Å². The molecule has 0 bridgehead atoms. The molecule has 122 valence electrons. The van der Waals surface area contributed by atoms with E-state index in [1.165, 1.54) is 13.2 Å². The van der Waals surface area contributed by atoms with Crippen molar-refractivity contribution in [1.29, 1.82) is 0 Å². The van der Waals surface area contributed by atoms with Crippen molar-refractivity contribution in [2.75, 3.05) is 19.1 Å². The zero-order valence-corrected chi connectivity index (χ0v) is 13.6. The third-order valence-electron chi connectivity index (χ3n) is 3.59. The maximum absolute atomic E-state index is 12.3. The number of amides is 1. The molecule has 0 heterocycles. The molecular weight excluding hydrogens is 306 g/mol. The number of phenols is 1. The van der Waals surface area contributed by atoms with Crippen LogP contribution in [0.15, 0.2) is 18.2 Å². The van der Waals surface area contributed by atoms with Gasteiger partial charge in [0.15, 0.2) is 11.5 Å². The molecule has 0 saturated heterocycles. The Balaban J connectivity index is 2.07. The molecule has 0 aliphatic heterocycles. The Morgan fingerprint density at radius 1 is 1.41 bits per heavy atom. The Kier molecular flexibility index (Phi) is 4.95. The maximum atomic E-state index is 12.3. The van der Waals surface area contributed by atoms with Gasteiger partial charge in [0.25, 0.3) is 0 Å². The predicted molar refractivity (Wildman–Crippen MR) is 82.6 cm³/mol. The average molecular weight is 327 g/mol. The molecule has 1 amide bonds. The summed E-state index contributed by atoms with van der Waals surface area (Å²) in [6.07, 6.45) is 3.02. The minimum absolute atomic E-state index is 0.00452. The van der Waals surface area contributed by atoms with Crippen LogP contribution in [0, 0.1) is 0 Å². The number of ether oxygens (including phenoxy) is 1. The highest BCUT2D eigenvalue weighted by Gasteiger charge is 2.32. The van der Waals surface area contributed by atoms with Gasteiger partial charge in [0.05, 0.1) is 12.9 Å². The van der Waals surface area contributed by atoms with E-state index in [0.717, 1.165) is 24.7 Å². The van der Waals surface area contributed by atoms with E-state index in [2.05, 4.69) is 0 Å². The topological polar surface area (TPSA) is 83.9 Å². The van der Waals surface area contributed by atoms with E-state index in [4.69, 9.17) is 4.74 Å². The molecule has 1 aromatic carbocycles. The zero-order chi connectivity index (χ0) is 16.3. The van der Waals surface area contributed by atoms with Gasteiger partial charge in [-0.25, -0.2) is 8.42 Å².